The second-order valence-electron chi connectivity index (χ2n) is 3.99. The van der Waals surface area contributed by atoms with Gasteiger partial charge in [0.05, 0.1) is 17.6 Å². The first-order valence-electron chi connectivity index (χ1n) is 5.80. The van der Waals surface area contributed by atoms with Crippen molar-refractivity contribution in [1.82, 2.24) is 5.48 Å². The molecule has 0 saturated heterocycles. The van der Waals surface area contributed by atoms with Gasteiger partial charge in [0, 0.05) is 12.1 Å². The van der Waals surface area contributed by atoms with Gasteiger partial charge in [-0.1, -0.05) is 30.3 Å². The molecule has 1 N–H and O–H groups in total. The lowest BCUT2D eigenvalue weighted by Gasteiger charge is -2.09. The normalized spacial score (nSPS) is 10.1. The standard InChI is InChI=1S/C14H12N2O4/c1-20-15-14(17)13-9-11(16(18)19)7-8-12(13)10-5-3-2-4-6-10/h2-9H,1H3,(H,15,17). The molecule has 6 heteroatoms. The summed E-state index contributed by atoms with van der Waals surface area (Å²) in [6.07, 6.45) is 0. The summed E-state index contributed by atoms with van der Waals surface area (Å²) in [7, 11) is 1.30. The fourth-order valence-electron chi connectivity index (χ4n) is 1.85. The number of non-ortho nitro benzene ring substituents is 1. The van der Waals surface area contributed by atoms with Gasteiger partial charge in [-0.25, -0.2) is 5.48 Å². The molecule has 2 aromatic carbocycles. The maximum atomic E-state index is 12.0. The minimum absolute atomic E-state index is 0.147. The highest BCUT2D eigenvalue weighted by Crippen LogP contribution is 2.27. The van der Waals surface area contributed by atoms with E-state index in [0.717, 1.165) is 5.56 Å². The van der Waals surface area contributed by atoms with Crippen LogP contribution in [0.15, 0.2) is 48.5 Å². The Labute approximate surface area is 115 Å². The Balaban J connectivity index is 2.56. The molecule has 102 valence electrons. The summed E-state index contributed by atoms with van der Waals surface area (Å²) in [6.45, 7) is 0. The zero-order valence-electron chi connectivity index (χ0n) is 10.7. The van der Waals surface area contributed by atoms with Gasteiger partial charge < -0.3 is 0 Å². The quantitative estimate of drug-likeness (QED) is 0.685. The first kappa shape index (κ1) is 13.7. The molecule has 20 heavy (non-hydrogen) atoms. The summed E-state index contributed by atoms with van der Waals surface area (Å²) in [5, 5.41) is 10.8. The molecular formula is C14H12N2O4. The summed E-state index contributed by atoms with van der Waals surface area (Å²) in [4.78, 5) is 26.8. The van der Waals surface area contributed by atoms with Gasteiger partial charge in [-0.2, -0.15) is 0 Å². The van der Waals surface area contributed by atoms with Crippen LogP contribution >= 0.6 is 0 Å². The number of carbonyl (C=O) groups is 1. The van der Waals surface area contributed by atoms with E-state index < -0.39 is 10.8 Å². The second-order valence-corrected chi connectivity index (χ2v) is 3.99. The molecule has 0 saturated carbocycles. The van der Waals surface area contributed by atoms with E-state index in [1.54, 1.807) is 6.07 Å². The number of hydrogen-bond acceptors (Lipinski definition) is 4. The van der Waals surface area contributed by atoms with E-state index in [0.29, 0.717) is 5.56 Å². The Morgan fingerprint density at radius 3 is 2.50 bits per heavy atom. The van der Waals surface area contributed by atoms with Crippen LogP contribution in [0.4, 0.5) is 5.69 Å². The van der Waals surface area contributed by atoms with Crippen molar-refractivity contribution in [2.45, 2.75) is 0 Å². The molecule has 0 aromatic heterocycles. The van der Waals surface area contributed by atoms with E-state index >= 15 is 0 Å². The van der Waals surface area contributed by atoms with Crippen LogP contribution in [-0.4, -0.2) is 17.9 Å². The van der Waals surface area contributed by atoms with Gasteiger partial charge in [-0.05, 0) is 17.2 Å². The SMILES string of the molecule is CONC(=O)c1cc([N+](=O)[O-])ccc1-c1ccccc1. The summed E-state index contributed by atoms with van der Waals surface area (Å²) < 4.78 is 0. The Bertz CT molecular complexity index is 641. The fourth-order valence-corrected chi connectivity index (χ4v) is 1.85. The Morgan fingerprint density at radius 2 is 1.90 bits per heavy atom. The van der Waals surface area contributed by atoms with Crippen LogP contribution in [-0.2, 0) is 4.84 Å². The topological polar surface area (TPSA) is 81.5 Å². The average Bonchev–Trinajstić information content (AvgIpc) is 2.47. The number of hydrogen-bond donors (Lipinski definition) is 1. The van der Waals surface area contributed by atoms with Crippen molar-refractivity contribution >= 4 is 11.6 Å². The molecule has 0 aliphatic rings. The molecule has 0 bridgehead atoms. The van der Waals surface area contributed by atoms with Crippen molar-refractivity contribution in [3.63, 3.8) is 0 Å². The van der Waals surface area contributed by atoms with Crippen molar-refractivity contribution < 1.29 is 14.6 Å². The lowest BCUT2D eigenvalue weighted by Crippen LogP contribution is -2.22. The van der Waals surface area contributed by atoms with E-state index in [1.165, 1.54) is 19.2 Å². The van der Waals surface area contributed by atoms with E-state index in [-0.39, 0.29) is 11.3 Å². The maximum Gasteiger partial charge on any atom is 0.275 e. The molecule has 0 spiro atoms. The summed E-state index contributed by atoms with van der Waals surface area (Å²) in [5.74, 6) is -0.532. The molecule has 2 rings (SSSR count). The third-order valence-electron chi connectivity index (χ3n) is 2.74. The molecule has 0 aliphatic heterocycles. The number of nitro benzene ring substituents is 1. The Hall–Kier alpha value is -2.73. The third-order valence-corrected chi connectivity index (χ3v) is 2.74. The third kappa shape index (κ3) is 2.81. The minimum atomic E-state index is -0.543. The molecular weight excluding hydrogens is 260 g/mol. The van der Waals surface area contributed by atoms with Gasteiger partial charge in [0.1, 0.15) is 0 Å². The van der Waals surface area contributed by atoms with Gasteiger partial charge in [0.25, 0.3) is 11.6 Å². The molecule has 0 unspecified atom stereocenters. The molecule has 0 radical (unpaired) electrons. The van der Waals surface area contributed by atoms with Crippen LogP contribution in [0, 0.1) is 10.1 Å². The minimum Gasteiger partial charge on any atom is -0.277 e. The van der Waals surface area contributed by atoms with Crippen molar-refractivity contribution in [2.24, 2.45) is 0 Å². The molecule has 0 fully saturated rings. The summed E-state index contributed by atoms with van der Waals surface area (Å²) >= 11 is 0. The van der Waals surface area contributed by atoms with Gasteiger partial charge >= 0.3 is 0 Å². The van der Waals surface area contributed by atoms with Gasteiger partial charge in [-0.15, -0.1) is 0 Å². The number of amides is 1. The number of rotatable bonds is 4. The fraction of sp³-hybridized carbons (Fsp3) is 0.0714. The van der Waals surface area contributed by atoms with E-state index in [2.05, 4.69) is 10.3 Å². The maximum absolute atomic E-state index is 12.0. The molecule has 2 aromatic rings. The van der Waals surface area contributed by atoms with Crippen LogP contribution < -0.4 is 5.48 Å². The monoisotopic (exact) mass is 272 g/mol. The van der Waals surface area contributed by atoms with Crippen LogP contribution in [0.5, 0.6) is 0 Å². The number of nitrogens with zero attached hydrogens (tertiary/aromatic N) is 1. The predicted molar refractivity (Wildman–Crippen MR) is 73.0 cm³/mol. The molecule has 0 aliphatic carbocycles. The van der Waals surface area contributed by atoms with Crippen LogP contribution in [0.3, 0.4) is 0 Å². The van der Waals surface area contributed by atoms with Gasteiger partial charge in [-0.3, -0.25) is 19.7 Å². The average molecular weight is 272 g/mol. The van der Waals surface area contributed by atoms with Crippen molar-refractivity contribution in [3.8, 4) is 11.1 Å². The largest absolute Gasteiger partial charge is 0.277 e. The number of benzene rings is 2. The van der Waals surface area contributed by atoms with E-state index in [1.807, 2.05) is 30.3 Å². The van der Waals surface area contributed by atoms with Crippen molar-refractivity contribution in [3.05, 3.63) is 64.2 Å². The van der Waals surface area contributed by atoms with Crippen LogP contribution in [0.2, 0.25) is 0 Å². The number of nitrogens with one attached hydrogen (secondary N) is 1. The first-order valence-corrected chi connectivity index (χ1v) is 5.80. The van der Waals surface area contributed by atoms with E-state index in [9.17, 15) is 14.9 Å². The van der Waals surface area contributed by atoms with Gasteiger partial charge in [0.15, 0.2) is 0 Å². The molecule has 0 heterocycles. The molecule has 0 atom stereocenters. The zero-order chi connectivity index (χ0) is 14.5. The summed E-state index contributed by atoms with van der Waals surface area (Å²) in [5.41, 5.74) is 3.61. The van der Waals surface area contributed by atoms with Crippen LogP contribution in [0.25, 0.3) is 11.1 Å². The predicted octanol–water partition coefficient (Wildman–Crippen LogP) is 2.55. The zero-order valence-corrected chi connectivity index (χ0v) is 10.7. The summed E-state index contributed by atoms with van der Waals surface area (Å²) in [6, 6.07) is 13.3. The highest BCUT2D eigenvalue weighted by molar-refractivity contribution is 6.01. The lowest BCUT2D eigenvalue weighted by atomic mass is 9.99. The molecule has 1 amide bonds. The Morgan fingerprint density at radius 1 is 1.20 bits per heavy atom. The number of nitro groups is 1. The second kappa shape index (κ2) is 5.94. The highest BCUT2D eigenvalue weighted by atomic mass is 16.6. The number of hydroxylamine groups is 1. The smallest absolute Gasteiger partial charge is 0.275 e. The first-order chi connectivity index (χ1) is 9.63. The van der Waals surface area contributed by atoms with E-state index in [4.69, 9.17) is 0 Å². The van der Waals surface area contributed by atoms with Gasteiger partial charge in [0.2, 0.25) is 0 Å². The Kier molecular flexibility index (Phi) is 4.07. The molecule has 6 nitrogen and oxygen atoms in total. The lowest BCUT2D eigenvalue weighted by molar-refractivity contribution is -0.384. The van der Waals surface area contributed by atoms with Crippen molar-refractivity contribution in [2.75, 3.05) is 7.11 Å². The highest BCUT2D eigenvalue weighted by Gasteiger charge is 2.17. The van der Waals surface area contributed by atoms with Crippen LogP contribution in [0.1, 0.15) is 10.4 Å². The number of carbonyl (C=O) groups excluding carboxylic acids is 1. The van der Waals surface area contributed by atoms with Crippen molar-refractivity contribution in [1.29, 1.82) is 0 Å².